The number of rotatable bonds is 6. The van der Waals surface area contributed by atoms with E-state index >= 15 is 0 Å². The monoisotopic (exact) mass is 276 g/mol. The van der Waals surface area contributed by atoms with Gasteiger partial charge in [-0.15, -0.1) is 0 Å². The predicted molar refractivity (Wildman–Crippen MR) is 84.1 cm³/mol. The third-order valence-electron chi connectivity index (χ3n) is 3.56. The van der Waals surface area contributed by atoms with E-state index in [1.165, 1.54) is 11.1 Å². The first-order valence-electron chi connectivity index (χ1n) is 7.41. The Labute approximate surface area is 123 Å². The summed E-state index contributed by atoms with van der Waals surface area (Å²) >= 11 is 0. The number of aliphatic carboxylic acids is 1. The van der Waals surface area contributed by atoms with Crippen molar-refractivity contribution in [2.45, 2.75) is 65.7 Å². The summed E-state index contributed by atoms with van der Waals surface area (Å²) in [5.74, 6) is -0.715. The van der Waals surface area contributed by atoms with Crippen LogP contribution in [-0.2, 0) is 16.6 Å². The minimum absolute atomic E-state index is 0.165. The fraction of sp³-hybridized carbons (Fsp3) is 0.611. The van der Waals surface area contributed by atoms with Crippen LogP contribution < -0.4 is 0 Å². The molecule has 1 rings (SSSR count). The maximum atomic E-state index is 10.5. The first-order valence-corrected chi connectivity index (χ1v) is 7.41. The van der Waals surface area contributed by atoms with Gasteiger partial charge in [-0.1, -0.05) is 58.9 Å². The summed E-state index contributed by atoms with van der Waals surface area (Å²) in [5.41, 5.74) is 3.05. The van der Waals surface area contributed by atoms with Crippen LogP contribution in [0.4, 0.5) is 0 Å². The normalized spacial score (nSPS) is 12.4. The number of hydrogen-bond donors (Lipinski definition) is 1. The molecule has 0 radical (unpaired) electrons. The van der Waals surface area contributed by atoms with E-state index in [9.17, 15) is 4.79 Å². The molecule has 0 spiro atoms. The van der Waals surface area contributed by atoms with Crippen LogP contribution in [0, 0.1) is 5.41 Å². The molecule has 0 aliphatic carbocycles. The molecule has 1 N–H and O–H groups in total. The molecule has 1 aromatic rings. The molecule has 0 amide bonds. The van der Waals surface area contributed by atoms with E-state index in [-0.39, 0.29) is 11.8 Å². The first-order chi connectivity index (χ1) is 9.10. The highest BCUT2D eigenvalue weighted by atomic mass is 16.4. The zero-order chi connectivity index (χ0) is 15.4. The lowest BCUT2D eigenvalue weighted by Gasteiger charge is -2.33. The highest BCUT2D eigenvalue weighted by molar-refractivity contribution is 5.66. The Morgan fingerprint density at radius 3 is 2.05 bits per heavy atom. The zero-order valence-electron chi connectivity index (χ0n) is 13.5. The Bertz CT molecular complexity index is 435. The lowest BCUT2D eigenvalue weighted by molar-refractivity contribution is -0.137. The Morgan fingerprint density at radius 1 is 1.05 bits per heavy atom. The second kappa shape index (κ2) is 6.43. The molecule has 1 aromatic carbocycles. The van der Waals surface area contributed by atoms with Crippen LogP contribution in [0.5, 0.6) is 0 Å². The van der Waals surface area contributed by atoms with Gasteiger partial charge in [-0.3, -0.25) is 4.79 Å². The largest absolute Gasteiger partial charge is 0.481 e. The molecule has 0 unspecified atom stereocenters. The van der Waals surface area contributed by atoms with Crippen molar-refractivity contribution in [1.29, 1.82) is 0 Å². The third kappa shape index (κ3) is 5.77. The molecule has 0 atom stereocenters. The van der Waals surface area contributed by atoms with Crippen molar-refractivity contribution in [1.82, 2.24) is 0 Å². The van der Waals surface area contributed by atoms with Gasteiger partial charge in [-0.2, -0.15) is 0 Å². The van der Waals surface area contributed by atoms with Gasteiger partial charge in [0, 0.05) is 6.42 Å². The highest BCUT2D eigenvalue weighted by Crippen LogP contribution is 2.36. The van der Waals surface area contributed by atoms with E-state index in [0.717, 1.165) is 12.8 Å². The van der Waals surface area contributed by atoms with Crippen LogP contribution >= 0.6 is 0 Å². The lowest BCUT2D eigenvalue weighted by Crippen LogP contribution is -2.24. The van der Waals surface area contributed by atoms with Crippen LogP contribution in [0.25, 0.3) is 0 Å². The van der Waals surface area contributed by atoms with Crippen molar-refractivity contribution in [2.75, 3.05) is 0 Å². The van der Waals surface area contributed by atoms with Crippen molar-refractivity contribution < 1.29 is 9.90 Å². The van der Waals surface area contributed by atoms with E-state index in [4.69, 9.17) is 5.11 Å². The van der Waals surface area contributed by atoms with Gasteiger partial charge in [0.2, 0.25) is 0 Å². The molecule has 0 aliphatic rings. The van der Waals surface area contributed by atoms with Gasteiger partial charge >= 0.3 is 5.97 Å². The van der Waals surface area contributed by atoms with Gasteiger partial charge < -0.3 is 5.11 Å². The summed E-state index contributed by atoms with van der Waals surface area (Å²) in [6, 6.07) is 8.67. The Morgan fingerprint density at radius 2 is 1.60 bits per heavy atom. The van der Waals surface area contributed by atoms with E-state index in [1.807, 2.05) is 0 Å². The van der Waals surface area contributed by atoms with Gasteiger partial charge in [-0.25, -0.2) is 0 Å². The summed E-state index contributed by atoms with van der Waals surface area (Å²) in [5, 5.41) is 8.65. The van der Waals surface area contributed by atoms with Crippen LogP contribution in [0.15, 0.2) is 24.3 Å². The Kier molecular flexibility index (Phi) is 5.38. The molecule has 0 fully saturated rings. The fourth-order valence-electron chi connectivity index (χ4n) is 2.99. The van der Waals surface area contributed by atoms with Crippen LogP contribution in [0.2, 0.25) is 0 Å². The quantitative estimate of drug-likeness (QED) is 0.809. The molecule has 112 valence electrons. The minimum Gasteiger partial charge on any atom is -0.481 e. The summed E-state index contributed by atoms with van der Waals surface area (Å²) in [6.07, 6.45) is 2.93. The SMILES string of the molecule is CC(C)(C)CC(C)(C)c1ccc(CCCC(=O)O)cc1. The Hall–Kier alpha value is -1.31. The van der Waals surface area contributed by atoms with E-state index in [2.05, 4.69) is 58.9 Å². The zero-order valence-corrected chi connectivity index (χ0v) is 13.5. The molecule has 0 saturated carbocycles. The number of carbonyl (C=O) groups is 1. The van der Waals surface area contributed by atoms with Crippen molar-refractivity contribution >= 4 is 5.97 Å². The van der Waals surface area contributed by atoms with Crippen LogP contribution in [0.3, 0.4) is 0 Å². The molecule has 0 aliphatic heterocycles. The molecule has 0 bridgehead atoms. The average molecular weight is 276 g/mol. The second-order valence-corrected chi connectivity index (χ2v) is 7.57. The standard InChI is InChI=1S/C18H28O2/c1-17(2,3)13-18(4,5)15-11-9-14(10-12-15)7-6-8-16(19)20/h9-12H,6-8,13H2,1-5H3,(H,19,20). The topological polar surface area (TPSA) is 37.3 Å². The van der Waals surface area contributed by atoms with Gasteiger partial charge in [0.15, 0.2) is 0 Å². The third-order valence-corrected chi connectivity index (χ3v) is 3.56. The minimum atomic E-state index is -0.715. The molecular formula is C18H28O2. The Balaban J connectivity index is 2.68. The van der Waals surface area contributed by atoms with Gasteiger partial charge in [0.05, 0.1) is 0 Å². The summed E-state index contributed by atoms with van der Waals surface area (Å²) in [4.78, 5) is 10.5. The van der Waals surface area contributed by atoms with Crippen LogP contribution in [-0.4, -0.2) is 11.1 Å². The van der Waals surface area contributed by atoms with Gasteiger partial charge in [0.25, 0.3) is 0 Å². The average Bonchev–Trinajstić information content (AvgIpc) is 2.26. The van der Waals surface area contributed by atoms with E-state index in [0.29, 0.717) is 11.8 Å². The number of aryl methyl sites for hydroxylation is 1. The molecule has 0 saturated heterocycles. The fourth-order valence-corrected chi connectivity index (χ4v) is 2.99. The summed E-state index contributed by atoms with van der Waals surface area (Å²) in [6.45, 7) is 11.4. The van der Waals surface area contributed by atoms with Crippen molar-refractivity contribution in [3.63, 3.8) is 0 Å². The van der Waals surface area contributed by atoms with E-state index < -0.39 is 5.97 Å². The second-order valence-electron chi connectivity index (χ2n) is 7.57. The van der Waals surface area contributed by atoms with Crippen LogP contribution in [0.1, 0.15) is 65.0 Å². The molecule has 0 heterocycles. The van der Waals surface area contributed by atoms with Crippen molar-refractivity contribution in [3.05, 3.63) is 35.4 Å². The summed E-state index contributed by atoms with van der Waals surface area (Å²) < 4.78 is 0. The maximum Gasteiger partial charge on any atom is 0.303 e. The molecule has 20 heavy (non-hydrogen) atoms. The highest BCUT2D eigenvalue weighted by Gasteiger charge is 2.26. The maximum absolute atomic E-state index is 10.5. The number of carboxylic acid groups (broad SMARTS) is 1. The smallest absolute Gasteiger partial charge is 0.303 e. The molecular weight excluding hydrogens is 248 g/mol. The predicted octanol–water partition coefficient (Wildman–Crippen LogP) is 4.81. The molecule has 2 heteroatoms. The number of carboxylic acids is 1. The lowest BCUT2D eigenvalue weighted by atomic mass is 9.72. The molecule has 2 nitrogen and oxygen atoms in total. The van der Waals surface area contributed by atoms with Gasteiger partial charge in [0.1, 0.15) is 0 Å². The van der Waals surface area contributed by atoms with Gasteiger partial charge in [-0.05, 0) is 41.2 Å². The van der Waals surface area contributed by atoms with Crippen molar-refractivity contribution in [2.24, 2.45) is 5.41 Å². The molecule has 0 aromatic heterocycles. The number of hydrogen-bond acceptors (Lipinski definition) is 1. The van der Waals surface area contributed by atoms with Crippen molar-refractivity contribution in [3.8, 4) is 0 Å². The number of benzene rings is 1. The summed E-state index contributed by atoms with van der Waals surface area (Å²) in [7, 11) is 0. The first kappa shape index (κ1) is 16.7. The van der Waals surface area contributed by atoms with E-state index in [1.54, 1.807) is 0 Å².